The van der Waals surface area contributed by atoms with Crippen molar-refractivity contribution in [2.45, 2.75) is 19.4 Å². The summed E-state index contributed by atoms with van der Waals surface area (Å²) in [5, 5.41) is 17.3. The average Bonchev–Trinajstić information content (AvgIpc) is 3.48. The summed E-state index contributed by atoms with van der Waals surface area (Å²) in [7, 11) is -6.20. The van der Waals surface area contributed by atoms with E-state index < -0.39 is 28.9 Å². The molecule has 11 nitrogen and oxygen atoms in total. The summed E-state index contributed by atoms with van der Waals surface area (Å²) in [4.78, 5) is 12.9. The van der Waals surface area contributed by atoms with Crippen LogP contribution in [0.4, 0.5) is 11.4 Å². The number of hydrogen-bond donors (Lipinski definition) is 3. The topological polar surface area (TPSA) is 152 Å². The van der Waals surface area contributed by atoms with Crippen LogP contribution in [0.5, 0.6) is 5.75 Å². The summed E-state index contributed by atoms with van der Waals surface area (Å²) < 4.78 is 49.2. The van der Waals surface area contributed by atoms with E-state index in [0.29, 0.717) is 18.2 Å². The highest BCUT2D eigenvalue weighted by Gasteiger charge is 2.35. The zero-order valence-electron chi connectivity index (χ0n) is 16.2. The summed E-state index contributed by atoms with van der Waals surface area (Å²) in [5.41, 5.74) is -0.220. The lowest BCUT2D eigenvalue weighted by atomic mass is 10.2. The summed E-state index contributed by atoms with van der Waals surface area (Å²) in [6.45, 7) is 0.429. The molecule has 4 rings (SSSR count). The van der Waals surface area contributed by atoms with E-state index >= 15 is 0 Å². The van der Waals surface area contributed by atoms with Crippen molar-refractivity contribution < 1.29 is 22.6 Å². The van der Waals surface area contributed by atoms with Crippen molar-refractivity contribution in [1.82, 2.24) is 9.78 Å². The monoisotopic (exact) mass is 453 g/mol. The highest BCUT2D eigenvalue weighted by atomic mass is 32.2. The highest BCUT2D eigenvalue weighted by Crippen LogP contribution is 2.51. The zero-order valence-corrected chi connectivity index (χ0v) is 17.9. The molecule has 1 unspecified atom stereocenters. The van der Waals surface area contributed by atoms with Gasteiger partial charge in [-0.2, -0.15) is 9.86 Å². The van der Waals surface area contributed by atoms with Crippen molar-refractivity contribution >= 4 is 40.1 Å². The van der Waals surface area contributed by atoms with Gasteiger partial charge in [0.15, 0.2) is 11.6 Å². The van der Waals surface area contributed by atoms with Crippen molar-refractivity contribution in [3.63, 3.8) is 0 Å². The highest BCUT2D eigenvalue weighted by molar-refractivity contribution is 7.92. The van der Waals surface area contributed by atoms with Crippen LogP contribution in [0.1, 0.15) is 18.4 Å². The van der Waals surface area contributed by atoms with Crippen LogP contribution in [0.25, 0.3) is 0 Å². The number of fused-ring (bicyclic) bond motifs is 1. The molecule has 2 heterocycles. The minimum absolute atomic E-state index is 0.106. The summed E-state index contributed by atoms with van der Waals surface area (Å²) in [6, 6.07) is 4.31. The van der Waals surface area contributed by atoms with Crippen LogP contribution in [0.3, 0.4) is 0 Å². The Kier molecular flexibility index (Phi) is 4.95. The van der Waals surface area contributed by atoms with E-state index in [0.717, 1.165) is 25.3 Å². The number of sulfonamides is 1. The number of rotatable bonds is 6. The Balaban J connectivity index is 1.80. The second-order valence-electron chi connectivity index (χ2n) is 7.22. The standard InChI is InChI=1S/C17H20N5O6PS/c1-28-29(25)14-7-11(21-30(2,26)27)5-6-12(14)19-16(20-29)15-13(23)8-18-22(17(15)24)9-10-3-4-10/h5-8,10,21,23H,3-4,9H2,1-2H3,(H,19,20,25). The van der Waals surface area contributed by atoms with Gasteiger partial charge in [0.25, 0.3) is 5.56 Å². The fourth-order valence-corrected chi connectivity index (χ4v) is 5.21. The first kappa shape index (κ1) is 20.6. The molecule has 3 N–H and O–H groups in total. The number of nitrogens with one attached hydrogen (secondary N) is 2. The summed E-state index contributed by atoms with van der Waals surface area (Å²) in [5.74, 6) is -0.133. The van der Waals surface area contributed by atoms with Crippen LogP contribution in [-0.4, -0.2) is 42.5 Å². The van der Waals surface area contributed by atoms with Crippen LogP contribution >= 0.6 is 7.52 Å². The molecule has 0 saturated heterocycles. The molecule has 160 valence electrons. The maximum absolute atomic E-state index is 13.4. The normalized spacial score (nSPS) is 20.8. The van der Waals surface area contributed by atoms with Gasteiger partial charge in [-0.15, -0.1) is 0 Å². The molecule has 1 aromatic heterocycles. The minimum atomic E-state index is -3.86. The third-order valence-electron chi connectivity index (χ3n) is 4.73. The van der Waals surface area contributed by atoms with Gasteiger partial charge in [-0.3, -0.25) is 14.1 Å². The largest absolute Gasteiger partial charge is 0.505 e. The molecule has 0 amide bonds. The van der Waals surface area contributed by atoms with Crippen LogP contribution in [0.2, 0.25) is 0 Å². The van der Waals surface area contributed by atoms with E-state index in [1.54, 1.807) is 0 Å². The van der Waals surface area contributed by atoms with E-state index in [1.807, 2.05) is 0 Å². The second kappa shape index (κ2) is 7.22. The van der Waals surface area contributed by atoms with E-state index in [1.165, 1.54) is 30.0 Å². The molecule has 1 aliphatic carbocycles. The van der Waals surface area contributed by atoms with Crippen molar-refractivity contribution in [2.75, 3.05) is 23.4 Å². The maximum atomic E-state index is 13.4. The van der Waals surface area contributed by atoms with Gasteiger partial charge in [-0.25, -0.2) is 13.1 Å². The number of nitrogens with zero attached hydrogens (tertiary/aromatic N) is 3. The van der Waals surface area contributed by atoms with Gasteiger partial charge in [-0.05, 0) is 37.0 Å². The van der Waals surface area contributed by atoms with Gasteiger partial charge in [0, 0.05) is 19.3 Å². The van der Waals surface area contributed by atoms with E-state index in [-0.39, 0.29) is 22.4 Å². The second-order valence-corrected chi connectivity index (χ2v) is 11.1. The fourth-order valence-electron chi connectivity index (χ4n) is 3.12. The predicted molar refractivity (Wildman–Crippen MR) is 112 cm³/mol. The smallest absolute Gasteiger partial charge is 0.348 e. The van der Waals surface area contributed by atoms with Gasteiger partial charge in [0.05, 0.1) is 23.4 Å². The fraction of sp³-hybridized carbons (Fsp3) is 0.353. The molecule has 2 aliphatic rings. The van der Waals surface area contributed by atoms with Gasteiger partial charge < -0.3 is 14.9 Å². The summed E-state index contributed by atoms with van der Waals surface area (Å²) in [6.07, 6.45) is 4.17. The quantitative estimate of drug-likeness (QED) is 0.549. The number of aromatic nitrogens is 2. The molecular weight excluding hydrogens is 433 g/mol. The molecular formula is C17H20N5O6PS. The molecule has 1 saturated carbocycles. The molecule has 1 fully saturated rings. The number of hydrogen-bond acceptors (Lipinski definition) is 8. The van der Waals surface area contributed by atoms with Crippen molar-refractivity contribution in [3.05, 3.63) is 40.3 Å². The predicted octanol–water partition coefficient (Wildman–Crippen LogP) is 1.07. The molecule has 0 spiro atoms. The molecule has 30 heavy (non-hydrogen) atoms. The van der Waals surface area contributed by atoms with Crippen LogP contribution in [0.15, 0.2) is 34.0 Å². The van der Waals surface area contributed by atoms with E-state index in [2.05, 4.69) is 19.9 Å². The Labute approximate surface area is 172 Å². The third-order valence-corrected chi connectivity index (χ3v) is 7.27. The summed E-state index contributed by atoms with van der Waals surface area (Å²) >= 11 is 0. The van der Waals surface area contributed by atoms with Crippen LogP contribution in [0, 0.1) is 5.92 Å². The first-order valence-electron chi connectivity index (χ1n) is 9.04. The first-order valence-corrected chi connectivity index (χ1v) is 12.5. The molecule has 1 atom stereocenters. The maximum Gasteiger partial charge on any atom is 0.348 e. The van der Waals surface area contributed by atoms with Gasteiger partial charge in [0.1, 0.15) is 5.56 Å². The Morgan fingerprint density at radius 2 is 2.13 bits per heavy atom. The van der Waals surface area contributed by atoms with Crippen LogP contribution < -0.4 is 20.9 Å². The minimum Gasteiger partial charge on any atom is -0.505 e. The van der Waals surface area contributed by atoms with Gasteiger partial charge in [-0.1, -0.05) is 0 Å². The van der Waals surface area contributed by atoms with Crippen molar-refractivity contribution in [3.8, 4) is 5.75 Å². The third kappa shape index (κ3) is 3.98. The number of benzene rings is 1. The molecule has 1 aliphatic heterocycles. The molecule has 13 heteroatoms. The van der Waals surface area contributed by atoms with Crippen molar-refractivity contribution in [1.29, 1.82) is 0 Å². The zero-order chi connectivity index (χ0) is 21.7. The Morgan fingerprint density at radius 1 is 1.40 bits per heavy atom. The number of amidine groups is 1. The molecule has 0 bridgehead atoms. The molecule has 2 aromatic rings. The van der Waals surface area contributed by atoms with E-state index in [4.69, 9.17) is 4.52 Å². The van der Waals surface area contributed by atoms with Gasteiger partial charge in [0.2, 0.25) is 10.0 Å². The lowest BCUT2D eigenvalue weighted by Gasteiger charge is -2.24. The lowest BCUT2D eigenvalue weighted by molar-refractivity contribution is 0.404. The molecule has 1 aromatic carbocycles. The van der Waals surface area contributed by atoms with Gasteiger partial charge >= 0.3 is 7.52 Å². The number of aromatic hydroxyl groups is 1. The Hall–Kier alpha value is -2.69. The van der Waals surface area contributed by atoms with Crippen LogP contribution in [-0.2, 0) is 25.7 Å². The SMILES string of the molecule is COP1(=O)N=C(c2c(O)cnn(CC3CC3)c2=O)Nc2ccc(NS(C)(=O)=O)cc21. The van der Waals surface area contributed by atoms with Crippen molar-refractivity contribution in [2.24, 2.45) is 10.7 Å². The Bertz CT molecular complexity index is 1270. The van der Waals surface area contributed by atoms with E-state index in [9.17, 15) is 22.9 Å². The first-order chi connectivity index (χ1) is 14.1. The average molecular weight is 453 g/mol. The Morgan fingerprint density at radius 3 is 2.77 bits per heavy atom. The molecule has 0 radical (unpaired) electrons. The number of anilines is 2. The lowest BCUT2D eigenvalue weighted by Crippen LogP contribution is -2.34.